The summed E-state index contributed by atoms with van der Waals surface area (Å²) < 4.78 is 2.18. The van der Waals surface area contributed by atoms with Crippen molar-refractivity contribution in [2.24, 2.45) is 5.92 Å². The van der Waals surface area contributed by atoms with Gasteiger partial charge in [-0.15, -0.1) is 0 Å². The van der Waals surface area contributed by atoms with Gasteiger partial charge in [0, 0.05) is 25.4 Å². The van der Waals surface area contributed by atoms with Crippen LogP contribution >= 0.6 is 0 Å². The second-order valence-electron chi connectivity index (χ2n) is 6.52. The van der Waals surface area contributed by atoms with Crippen molar-refractivity contribution >= 4 is 22.8 Å². The number of aromatic nitrogens is 3. The molecule has 0 aliphatic heterocycles. The molecule has 23 heavy (non-hydrogen) atoms. The van der Waals surface area contributed by atoms with Crippen LogP contribution in [0.1, 0.15) is 46.5 Å². The van der Waals surface area contributed by atoms with Crippen molar-refractivity contribution in [3.8, 4) is 0 Å². The van der Waals surface area contributed by atoms with E-state index in [0.717, 1.165) is 42.7 Å². The van der Waals surface area contributed by atoms with Gasteiger partial charge in [-0.05, 0) is 24.8 Å². The number of anilines is 2. The zero-order valence-electron chi connectivity index (χ0n) is 14.4. The average Bonchev–Trinajstić information content (AvgIpc) is 2.87. The van der Waals surface area contributed by atoms with E-state index in [9.17, 15) is 5.11 Å². The van der Waals surface area contributed by atoms with Crippen LogP contribution < -0.4 is 11.1 Å². The Hall–Kier alpha value is -1.82. The first-order valence-electron chi connectivity index (χ1n) is 8.54. The van der Waals surface area contributed by atoms with Crippen molar-refractivity contribution in [2.75, 3.05) is 17.7 Å². The first-order valence-corrected chi connectivity index (χ1v) is 8.54. The molecule has 4 N–H and O–H groups in total. The molecule has 0 saturated heterocycles. The molecule has 0 bridgehead atoms. The Balaban J connectivity index is 2.34. The minimum absolute atomic E-state index is 0.165. The SMILES string of the molecule is CCCC[C@@H](CCO)Nc1nc(N)nc2ccn(CC(C)C)c12. The molecule has 0 aromatic carbocycles. The van der Waals surface area contributed by atoms with E-state index in [-0.39, 0.29) is 18.6 Å². The molecule has 0 spiro atoms. The molecule has 0 radical (unpaired) electrons. The van der Waals surface area contributed by atoms with Crippen LogP contribution in [0.3, 0.4) is 0 Å². The summed E-state index contributed by atoms with van der Waals surface area (Å²) in [6, 6.07) is 2.17. The fraction of sp³-hybridized carbons (Fsp3) is 0.647. The summed E-state index contributed by atoms with van der Waals surface area (Å²) in [6.07, 6.45) is 6.00. The standard InChI is InChI=1S/C17H29N5O/c1-4-5-6-13(8-10-23)19-16-15-14(20-17(18)21-16)7-9-22(15)11-12(2)3/h7,9,12-13,23H,4-6,8,10-11H2,1-3H3,(H3,18,19,20,21)/t13-/m0/s1. The minimum atomic E-state index is 0.165. The molecular weight excluding hydrogens is 290 g/mol. The first-order chi connectivity index (χ1) is 11.0. The molecule has 1 atom stereocenters. The van der Waals surface area contributed by atoms with Crippen molar-refractivity contribution in [3.63, 3.8) is 0 Å². The maximum atomic E-state index is 9.31. The number of nitrogen functional groups attached to an aromatic ring is 1. The Morgan fingerprint density at radius 1 is 1.30 bits per heavy atom. The Labute approximate surface area is 138 Å². The van der Waals surface area contributed by atoms with Gasteiger partial charge in [-0.1, -0.05) is 33.6 Å². The summed E-state index contributed by atoms with van der Waals surface area (Å²) in [5.74, 6) is 1.58. The topological polar surface area (TPSA) is 89.0 Å². The molecule has 0 aliphatic carbocycles. The molecule has 6 heteroatoms. The van der Waals surface area contributed by atoms with E-state index >= 15 is 0 Å². The highest BCUT2D eigenvalue weighted by Gasteiger charge is 2.15. The third-order valence-corrected chi connectivity index (χ3v) is 3.91. The van der Waals surface area contributed by atoms with Gasteiger partial charge in [0.2, 0.25) is 5.95 Å². The molecule has 2 heterocycles. The Bertz CT molecular complexity index is 623. The predicted molar refractivity (Wildman–Crippen MR) is 95.4 cm³/mol. The number of aliphatic hydroxyl groups excluding tert-OH is 1. The van der Waals surface area contributed by atoms with Crippen LogP contribution in [0.4, 0.5) is 11.8 Å². The highest BCUT2D eigenvalue weighted by Crippen LogP contribution is 2.25. The molecule has 2 aromatic heterocycles. The number of hydrogen-bond donors (Lipinski definition) is 3. The van der Waals surface area contributed by atoms with Gasteiger partial charge in [-0.2, -0.15) is 4.98 Å². The van der Waals surface area contributed by atoms with Crippen LogP contribution in [0.25, 0.3) is 11.0 Å². The number of aliphatic hydroxyl groups is 1. The Morgan fingerprint density at radius 3 is 2.74 bits per heavy atom. The Morgan fingerprint density at radius 2 is 2.09 bits per heavy atom. The summed E-state index contributed by atoms with van der Waals surface area (Å²) in [4.78, 5) is 8.76. The van der Waals surface area contributed by atoms with Gasteiger partial charge < -0.3 is 20.7 Å². The van der Waals surface area contributed by atoms with Crippen molar-refractivity contribution in [1.29, 1.82) is 0 Å². The van der Waals surface area contributed by atoms with Gasteiger partial charge in [0.1, 0.15) is 5.52 Å². The fourth-order valence-corrected chi connectivity index (χ4v) is 2.86. The molecule has 2 rings (SSSR count). The maximum Gasteiger partial charge on any atom is 0.222 e. The minimum Gasteiger partial charge on any atom is -0.396 e. The van der Waals surface area contributed by atoms with E-state index in [4.69, 9.17) is 5.73 Å². The number of unbranched alkanes of at least 4 members (excludes halogenated alkanes) is 1. The van der Waals surface area contributed by atoms with Gasteiger partial charge in [0.15, 0.2) is 5.82 Å². The van der Waals surface area contributed by atoms with Gasteiger partial charge >= 0.3 is 0 Å². The van der Waals surface area contributed by atoms with Crippen LogP contribution in [0, 0.1) is 5.92 Å². The first kappa shape index (κ1) is 17.5. The van der Waals surface area contributed by atoms with Crippen molar-refractivity contribution in [1.82, 2.24) is 14.5 Å². The van der Waals surface area contributed by atoms with Crippen molar-refractivity contribution in [3.05, 3.63) is 12.3 Å². The summed E-state index contributed by atoms with van der Waals surface area (Å²) in [5.41, 5.74) is 7.72. The summed E-state index contributed by atoms with van der Waals surface area (Å²) in [6.45, 7) is 7.62. The maximum absolute atomic E-state index is 9.31. The van der Waals surface area contributed by atoms with Crippen molar-refractivity contribution < 1.29 is 5.11 Å². The smallest absolute Gasteiger partial charge is 0.222 e. The monoisotopic (exact) mass is 319 g/mol. The number of nitrogens with zero attached hydrogens (tertiary/aromatic N) is 3. The lowest BCUT2D eigenvalue weighted by molar-refractivity contribution is 0.276. The van der Waals surface area contributed by atoms with E-state index in [1.807, 2.05) is 12.3 Å². The van der Waals surface area contributed by atoms with E-state index in [0.29, 0.717) is 12.3 Å². The van der Waals surface area contributed by atoms with Gasteiger partial charge in [-0.3, -0.25) is 0 Å². The lowest BCUT2D eigenvalue weighted by Crippen LogP contribution is -2.22. The molecule has 128 valence electrons. The van der Waals surface area contributed by atoms with Crippen LogP contribution in [0.2, 0.25) is 0 Å². The third-order valence-electron chi connectivity index (χ3n) is 3.91. The molecule has 0 fully saturated rings. The quantitative estimate of drug-likeness (QED) is 0.661. The van der Waals surface area contributed by atoms with Crippen LogP contribution in [0.5, 0.6) is 0 Å². The normalized spacial score (nSPS) is 12.9. The summed E-state index contributed by atoms with van der Waals surface area (Å²) in [7, 11) is 0. The van der Waals surface area contributed by atoms with E-state index < -0.39 is 0 Å². The lowest BCUT2D eigenvalue weighted by atomic mass is 10.1. The predicted octanol–water partition coefficient (Wildman–Crippen LogP) is 3.02. The van der Waals surface area contributed by atoms with E-state index in [2.05, 4.69) is 40.6 Å². The second kappa shape index (κ2) is 8.15. The molecule has 0 aliphatic rings. The highest BCUT2D eigenvalue weighted by atomic mass is 16.3. The van der Waals surface area contributed by atoms with Crippen LogP contribution in [-0.2, 0) is 6.54 Å². The molecule has 6 nitrogen and oxygen atoms in total. The number of nitrogens with one attached hydrogen (secondary N) is 1. The number of hydrogen-bond acceptors (Lipinski definition) is 5. The third kappa shape index (κ3) is 4.58. The van der Waals surface area contributed by atoms with Gasteiger partial charge in [0.25, 0.3) is 0 Å². The lowest BCUT2D eigenvalue weighted by Gasteiger charge is -2.20. The average molecular weight is 319 g/mol. The fourth-order valence-electron chi connectivity index (χ4n) is 2.86. The summed E-state index contributed by atoms with van der Waals surface area (Å²) in [5, 5.41) is 12.8. The highest BCUT2D eigenvalue weighted by molar-refractivity contribution is 5.87. The van der Waals surface area contributed by atoms with Crippen LogP contribution in [-0.4, -0.2) is 32.3 Å². The number of fused-ring (bicyclic) bond motifs is 1. The Kier molecular flexibility index (Phi) is 6.21. The van der Waals surface area contributed by atoms with E-state index in [1.165, 1.54) is 0 Å². The summed E-state index contributed by atoms with van der Waals surface area (Å²) >= 11 is 0. The zero-order valence-corrected chi connectivity index (χ0v) is 14.4. The molecule has 2 aromatic rings. The molecular formula is C17H29N5O. The van der Waals surface area contributed by atoms with Crippen molar-refractivity contribution in [2.45, 2.75) is 59.0 Å². The molecule has 0 amide bonds. The molecule has 0 unspecified atom stereocenters. The van der Waals surface area contributed by atoms with Gasteiger partial charge in [0.05, 0.1) is 5.52 Å². The van der Waals surface area contributed by atoms with Crippen LogP contribution in [0.15, 0.2) is 12.3 Å². The number of rotatable bonds is 9. The zero-order chi connectivity index (χ0) is 16.8. The van der Waals surface area contributed by atoms with Gasteiger partial charge in [-0.25, -0.2) is 4.98 Å². The second-order valence-corrected chi connectivity index (χ2v) is 6.52. The largest absolute Gasteiger partial charge is 0.396 e. The number of nitrogens with two attached hydrogens (primary N) is 1. The van der Waals surface area contributed by atoms with E-state index in [1.54, 1.807) is 0 Å². The molecule has 0 saturated carbocycles.